The summed E-state index contributed by atoms with van der Waals surface area (Å²) in [5.74, 6) is 2.91. The maximum Gasteiger partial charge on any atom is 0.324 e. The van der Waals surface area contributed by atoms with Crippen molar-refractivity contribution in [2.24, 2.45) is 0 Å². The molecule has 2 heterocycles. The standard InChI is InChI=1S/C44H49ClN6O7/c1-29-11-13-31(14-12-29)51-40(28-38(50-51)44(2,3)4)49-43(52)47-34-15-16-35(33-10-8-7-9-32(33)34)58-41-17-18-46-39(48-41)27-30-25-36(54-6)42(45)37(26-30)57-24-23-56-22-21-55-20-19-53-5/h7-18,25-26,28H,19-24,27H2,1-6H3,(H2,47,49,52). The average molecular weight is 809 g/mol. The van der Waals surface area contributed by atoms with Crippen molar-refractivity contribution in [3.05, 3.63) is 119 Å². The van der Waals surface area contributed by atoms with Crippen LogP contribution in [0.3, 0.4) is 0 Å². The topological polar surface area (TPSA) is 140 Å². The lowest BCUT2D eigenvalue weighted by Crippen LogP contribution is -2.21. The number of carbonyl (C=O) groups excluding carboxylic acids is 1. The number of nitrogens with one attached hydrogen (secondary N) is 2. The third-order valence-electron chi connectivity index (χ3n) is 8.96. The van der Waals surface area contributed by atoms with E-state index in [2.05, 4.69) is 36.4 Å². The number of fused-ring (bicyclic) bond motifs is 1. The number of aryl methyl sites for hydroxylation is 1. The second kappa shape index (κ2) is 19.6. The molecule has 0 aliphatic heterocycles. The monoisotopic (exact) mass is 808 g/mol. The van der Waals surface area contributed by atoms with Gasteiger partial charge in [0, 0.05) is 48.0 Å². The molecule has 0 saturated heterocycles. The van der Waals surface area contributed by atoms with Crippen molar-refractivity contribution in [3.8, 4) is 28.8 Å². The van der Waals surface area contributed by atoms with E-state index in [1.807, 2.05) is 73.7 Å². The number of anilines is 2. The van der Waals surface area contributed by atoms with Gasteiger partial charge in [-0.15, -0.1) is 0 Å². The molecule has 6 rings (SSSR count). The first kappa shape index (κ1) is 41.9. The fourth-order valence-electron chi connectivity index (χ4n) is 5.93. The van der Waals surface area contributed by atoms with Crippen LogP contribution in [0.1, 0.15) is 43.4 Å². The van der Waals surface area contributed by atoms with E-state index in [0.29, 0.717) is 84.9 Å². The van der Waals surface area contributed by atoms with Crippen molar-refractivity contribution in [3.63, 3.8) is 0 Å². The molecule has 2 N–H and O–H groups in total. The molecule has 0 unspecified atom stereocenters. The molecule has 6 aromatic rings. The lowest BCUT2D eigenvalue weighted by Gasteiger charge is -2.15. The molecule has 304 valence electrons. The summed E-state index contributed by atoms with van der Waals surface area (Å²) in [6.45, 7) is 10.9. The van der Waals surface area contributed by atoms with Gasteiger partial charge in [-0.05, 0) is 48.9 Å². The van der Waals surface area contributed by atoms with Gasteiger partial charge in [0.1, 0.15) is 40.5 Å². The summed E-state index contributed by atoms with van der Waals surface area (Å²) in [6, 6.07) is 26.1. The Morgan fingerprint density at radius 3 is 2.22 bits per heavy atom. The van der Waals surface area contributed by atoms with Crippen molar-refractivity contribution in [2.75, 3.05) is 64.5 Å². The molecule has 0 spiro atoms. The van der Waals surface area contributed by atoms with Crippen molar-refractivity contribution < 1.29 is 33.2 Å². The van der Waals surface area contributed by atoms with E-state index >= 15 is 0 Å². The van der Waals surface area contributed by atoms with E-state index in [1.165, 1.54) is 0 Å². The molecular weight excluding hydrogens is 760 g/mol. The molecule has 13 nitrogen and oxygen atoms in total. The van der Waals surface area contributed by atoms with Crippen molar-refractivity contribution >= 4 is 39.9 Å². The predicted molar refractivity (Wildman–Crippen MR) is 226 cm³/mol. The summed E-state index contributed by atoms with van der Waals surface area (Å²) in [5.41, 5.74) is 4.04. The van der Waals surface area contributed by atoms with E-state index in [0.717, 1.165) is 33.3 Å². The zero-order valence-electron chi connectivity index (χ0n) is 33.6. The molecule has 0 fully saturated rings. The molecule has 58 heavy (non-hydrogen) atoms. The summed E-state index contributed by atoms with van der Waals surface area (Å²) in [6.07, 6.45) is 2.00. The Kier molecular flexibility index (Phi) is 14.2. The van der Waals surface area contributed by atoms with E-state index in [9.17, 15) is 4.79 Å². The van der Waals surface area contributed by atoms with Crippen molar-refractivity contribution in [2.45, 2.75) is 39.5 Å². The molecule has 4 aromatic carbocycles. The van der Waals surface area contributed by atoms with Crippen LogP contribution in [0.2, 0.25) is 5.02 Å². The lowest BCUT2D eigenvalue weighted by atomic mass is 9.92. The van der Waals surface area contributed by atoms with Crippen LogP contribution >= 0.6 is 11.6 Å². The summed E-state index contributed by atoms with van der Waals surface area (Å²) >= 11 is 6.58. The summed E-state index contributed by atoms with van der Waals surface area (Å²) in [5, 5.41) is 12.8. The fraction of sp³-hybridized carbons (Fsp3) is 0.318. The minimum Gasteiger partial charge on any atom is -0.495 e. The van der Waals surface area contributed by atoms with Gasteiger partial charge in [-0.1, -0.05) is 74.3 Å². The number of ether oxygens (including phenoxy) is 6. The highest BCUT2D eigenvalue weighted by atomic mass is 35.5. The quantitative estimate of drug-likeness (QED) is 0.0808. The molecule has 2 aromatic heterocycles. The van der Waals surface area contributed by atoms with E-state index < -0.39 is 6.03 Å². The number of aromatic nitrogens is 4. The van der Waals surface area contributed by atoms with Crippen LogP contribution in [-0.4, -0.2) is 79.6 Å². The first-order valence-corrected chi connectivity index (χ1v) is 19.3. The predicted octanol–water partition coefficient (Wildman–Crippen LogP) is 9.17. The van der Waals surface area contributed by atoms with Gasteiger partial charge in [0.25, 0.3) is 0 Å². The van der Waals surface area contributed by atoms with Gasteiger partial charge in [0.2, 0.25) is 5.88 Å². The molecule has 0 saturated carbocycles. The maximum atomic E-state index is 13.5. The number of methoxy groups -OCH3 is 2. The molecular formula is C44H49ClN6O7. The van der Waals surface area contributed by atoms with Gasteiger partial charge >= 0.3 is 6.03 Å². The summed E-state index contributed by atoms with van der Waals surface area (Å²) in [4.78, 5) is 22.7. The minimum absolute atomic E-state index is 0.224. The number of carbonyl (C=O) groups is 1. The van der Waals surface area contributed by atoms with E-state index in [4.69, 9.17) is 50.1 Å². The number of hydrogen-bond acceptors (Lipinski definition) is 10. The summed E-state index contributed by atoms with van der Waals surface area (Å²) < 4.78 is 35.6. The highest BCUT2D eigenvalue weighted by Crippen LogP contribution is 2.37. The minimum atomic E-state index is -0.409. The number of rotatable bonds is 18. The zero-order valence-corrected chi connectivity index (χ0v) is 34.4. The van der Waals surface area contributed by atoms with Crippen LogP contribution in [0.15, 0.2) is 91.1 Å². The Morgan fingerprint density at radius 2 is 1.50 bits per heavy atom. The van der Waals surface area contributed by atoms with Gasteiger partial charge < -0.3 is 33.7 Å². The summed E-state index contributed by atoms with van der Waals surface area (Å²) in [7, 11) is 3.18. The van der Waals surface area contributed by atoms with Gasteiger partial charge in [-0.3, -0.25) is 5.32 Å². The van der Waals surface area contributed by atoms with Crippen LogP contribution in [0.4, 0.5) is 16.3 Å². The molecule has 0 radical (unpaired) electrons. The van der Waals surface area contributed by atoms with Crippen LogP contribution in [-0.2, 0) is 26.0 Å². The van der Waals surface area contributed by atoms with Crippen LogP contribution in [0.5, 0.6) is 23.1 Å². The number of hydrogen-bond donors (Lipinski definition) is 2. The number of halogens is 1. The first-order chi connectivity index (χ1) is 28.0. The lowest BCUT2D eigenvalue weighted by molar-refractivity contribution is 0.0179. The number of urea groups is 1. The smallest absolute Gasteiger partial charge is 0.324 e. The Morgan fingerprint density at radius 1 is 0.793 bits per heavy atom. The number of benzene rings is 4. The highest BCUT2D eigenvalue weighted by molar-refractivity contribution is 6.33. The van der Waals surface area contributed by atoms with Crippen molar-refractivity contribution in [1.29, 1.82) is 0 Å². The third-order valence-corrected chi connectivity index (χ3v) is 9.33. The molecule has 2 amide bonds. The van der Waals surface area contributed by atoms with Gasteiger partial charge in [-0.25, -0.2) is 14.5 Å². The Labute approximate surface area is 343 Å². The molecule has 0 atom stereocenters. The highest BCUT2D eigenvalue weighted by Gasteiger charge is 2.22. The zero-order chi connectivity index (χ0) is 41.1. The number of amides is 2. The van der Waals surface area contributed by atoms with Crippen LogP contribution in [0.25, 0.3) is 16.5 Å². The van der Waals surface area contributed by atoms with Crippen LogP contribution < -0.4 is 24.8 Å². The second-order valence-corrected chi connectivity index (χ2v) is 14.8. The second-order valence-electron chi connectivity index (χ2n) is 14.4. The van der Waals surface area contributed by atoms with Crippen LogP contribution in [0, 0.1) is 6.92 Å². The fourth-order valence-corrected chi connectivity index (χ4v) is 6.17. The largest absolute Gasteiger partial charge is 0.495 e. The molecule has 0 aliphatic carbocycles. The first-order valence-electron chi connectivity index (χ1n) is 18.9. The molecule has 14 heteroatoms. The van der Waals surface area contributed by atoms with E-state index in [-0.39, 0.29) is 12.0 Å². The molecule has 0 bridgehead atoms. The van der Waals surface area contributed by atoms with Gasteiger partial charge in [0.05, 0.1) is 57.2 Å². The average Bonchev–Trinajstić information content (AvgIpc) is 3.64. The normalized spacial score (nSPS) is 11.4. The van der Waals surface area contributed by atoms with E-state index in [1.54, 1.807) is 43.3 Å². The van der Waals surface area contributed by atoms with Gasteiger partial charge in [0.15, 0.2) is 0 Å². The maximum absolute atomic E-state index is 13.5. The Hall–Kier alpha value is -5.73. The molecule has 0 aliphatic rings. The van der Waals surface area contributed by atoms with Gasteiger partial charge in [-0.2, -0.15) is 10.1 Å². The number of nitrogens with zero attached hydrogens (tertiary/aromatic N) is 4. The van der Waals surface area contributed by atoms with Crippen molar-refractivity contribution in [1.82, 2.24) is 19.7 Å². The third kappa shape index (κ3) is 11.0. The Bertz CT molecular complexity index is 2310. The Balaban J connectivity index is 1.13. The SMILES string of the molecule is COCCOCCOCCOc1cc(Cc2nccc(Oc3ccc(NC(=O)Nc4cc(C(C)(C)C)nn4-c4ccc(C)cc4)c4ccccc34)n2)cc(OC)c1Cl.